The molecule has 0 unspecified atom stereocenters. The molecule has 0 radical (unpaired) electrons. The molecule has 1 heterocycles. The van der Waals surface area contributed by atoms with E-state index >= 15 is 0 Å². The van der Waals surface area contributed by atoms with Crippen LogP contribution in [0.2, 0.25) is 0 Å². The first-order chi connectivity index (χ1) is 15.0. The maximum absolute atomic E-state index is 13.2. The zero-order valence-corrected chi connectivity index (χ0v) is 18.9. The van der Waals surface area contributed by atoms with E-state index in [2.05, 4.69) is 40.3 Å². The van der Waals surface area contributed by atoms with Gasteiger partial charge in [-0.15, -0.1) is 0 Å². The summed E-state index contributed by atoms with van der Waals surface area (Å²) < 4.78 is 0.974. The summed E-state index contributed by atoms with van der Waals surface area (Å²) in [6.07, 6.45) is 0.107. The highest BCUT2D eigenvalue weighted by atomic mass is 79.9. The van der Waals surface area contributed by atoms with Crippen molar-refractivity contribution in [3.63, 3.8) is 0 Å². The molecule has 31 heavy (non-hydrogen) atoms. The Kier molecular flexibility index (Phi) is 5.42. The first kappa shape index (κ1) is 20.4. The Morgan fingerprint density at radius 1 is 1.03 bits per heavy atom. The fourth-order valence-electron chi connectivity index (χ4n) is 5.03. The smallest absolute Gasteiger partial charge is 0.258 e. The van der Waals surface area contributed by atoms with Crippen LogP contribution in [-0.4, -0.2) is 23.7 Å². The molecular formula is C26H25BrN2O2. The van der Waals surface area contributed by atoms with Crippen molar-refractivity contribution < 1.29 is 9.90 Å². The highest BCUT2D eigenvalue weighted by Crippen LogP contribution is 2.50. The Morgan fingerprint density at radius 2 is 1.71 bits per heavy atom. The summed E-state index contributed by atoms with van der Waals surface area (Å²) in [7, 11) is 0. The summed E-state index contributed by atoms with van der Waals surface area (Å²) in [5.41, 5.74) is 5.09. The van der Waals surface area contributed by atoms with Crippen molar-refractivity contribution in [3.8, 4) is 0 Å². The van der Waals surface area contributed by atoms with Gasteiger partial charge in [0.1, 0.15) is 0 Å². The van der Waals surface area contributed by atoms with E-state index in [4.69, 9.17) is 0 Å². The van der Waals surface area contributed by atoms with Gasteiger partial charge in [0.25, 0.3) is 5.91 Å². The Bertz CT molecular complexity index is 1100. The number of amides is 1. The summed E-state index contributed by atoms with van der Waals surface area (Å²) in [6, 6.07) is 23.6. The van der Waals surface area contributed by atoms with Crippen molar-refractivity contribution in [2.45, 2.75) is 37.5 Å². The molecule has 1 aliphatic heterocycles. The first-order valence-corrected chi connectivity index (χ1v) is 11.5. The standard InChI is InChI=1S/C26H25BrN2O2/c1-16(17-8-4-2-5-9-17)28-25-22(30)14-19-15-29(26(31)18-10-6-3-7-11-18)21-13-12-20(27)24(25)23(19)21/h2-13,16,19,22,25,28,30H,14-15H2,1H3/t16-,19+,22-,25+/m0/s1. The largest absolute Gasteiger partial charge is 0.391 e. The maximum Gasteiger partial charge on any atom is 0.258 e. The van der Waals surface area contributed by atoms with Gasteiger partial charge in [-0.3, -0.25) is 4.79 Å². The third kappa shape index (κ3) is 3.61. The van der Waals surface area contributed by atoms with Crippen molar-refractivity contribution in [2.24, 2.45) is 0 Å². The van der Waals surface area contributed by atoms with Crippen LogP contribution >= 0.6 is 15.9 Å². The monoisotopic (exact) mass is 476 g/mol. The summed E-state index contributed by atoms with van der Waals surface area (Å²) in [5.74, 6) is 0.145. The molecule has 1 amide bonds. The molecular weight excluding hydrogens is 452 g/mol. The van der Waals surface area contributed by atoms with Crippen LogP contribution in [0.5, 0.6) is 0 Å². The molecule has 0 fully saturated rings. The number of halogens is 1. The van der Waals surface area contributed by atoms with Gasteiger partial charge in [0.2, 0.25) is 0 Å². The Balaban J connectivity index is 1.52. The third-order valence-corrected chi connectivity index (χ3v) is 7.22. The Hall–Kier alpha value is -2.47. The summed E-state index contributed by atoms with van der Waals surface area (Å²) in [4.78, 5) is 15.1. The lowest BCUT2D eigenvalue weighted by atomic mass is 9.79. The fraction of sp³-hybridized carbons (Fsp3) is 0.269. The van der Waals surface area contributed by atoms with E-state index in [-0.39, 0.29) is 23.9 Å². The highest BCUT2D eigenvalue weighted by molar-refractivity contribution is 9.10. The van der Waals surface area contributed by atoms with Crippen LogP contribution in [-0.2, 0) is 0 Å². The predicted octanol–water partition coefficient (Wildman–Crippen LogP) is 5.35. The van der Waals surface area contributed by atoms with E-state index in [1.165, 1.54) is 11.1 Å². The van der Waals surface area contributed by atoms with Gasteiger partial charge in [-0.05, 0) is 54.3 Å². The number of hydrogen-bond acceptors (Lipinski definition) is 3. The van der Waals surface area contributed by atoms with Gasteiger partial charge in [-0.1, -0.05) is 64.5 Å². The molecule has 5 rings (SSSR count). The lowest BCUT2D eigenvalue weighted by Crippen LogP contribution is -2.39. The van der Waals surface area contributed by atoms with Crippen LogP contribution in [0.3, 0.4) is 0 Å². The van der Waals surface area contributed by atoms with Gasteiger partial charge < -0.3 is 15.3 Å². The quantitative estimate of drug-likeness (QED) is 0.533. The molecule has 3 aromatic carbocycles. The topological polar surface area (TPSA) is 52.6 Å². The van der Waals surface area contributed by atoms with Gasteiger partial charge in [-0.25, -0.2) is 0 Å². The SMILES string of the molecule is C[C@H](N[C@H]1c2c(Br)ccc3c2[C@H](C[C@@H]1O)CN3C(=O)c1ccccc1)c1ccccc1. The minimum absolute atomic E-state index is 0.0103. The van der Waals surface area contributed by atoms with Gasteiger partial charge in [0, 0.05) is 34.2 Å². The average Bonchev–Trinajstić information content (AvgIpc) is 3.16. The van der Waals surface area contributed by atoms with Crippen molar-refractivity contribution >= 4 is 27.5 Å². The highest BCUT2D eigenvalue weighted by Gasteiger charge is 2.43. The van der Waals surface area contributed by atoms with Crippen LogP contribution in [0.15, 0.2) is 77.3 Å². The van der Waals surface area contributed by atoms with Crippen LogP contribution in [0, 0.1) is 0 Å². The van der Waals surface area contributed by atoms with Gasteiger partial charge >= 0.3 is 0 Å². The second kappa shape index (κ2) is 8.23. The van der Waals surface area contributed by atoms with E-state index in [1.807, 2.05) is 65.6 Å². The zero-order chi connectivity index (χ0) is 21.5. The number of nitrogens with zero attached hydrogens (tertiary/aromatic N) is 1. The van der Waals surface area contributed by atoms with E-state index < -0.39 is 6.10 Å². The molecule has 0 saturated carbocycles. The van der Waals surface area contributed by atoms with Gasteiger partial charge in [0.15, 0.2) is 0 Å². The molecule has 4 nitrogen and oxygen atoms in total. The number of aliphatic hydroxyl groups excluding tert-OH is 1. The van der Waals surface area contributed by atoms with Gasteiger partial charge in [-0.2, -0.15) is 0 Å². The number of benzene rings is 3. The molecule has 0 spiro atoms. The molecule has 2 N–H and O–H groups in total. The minimum Gasteiger partial charge on any atom is -0.391 e. The number of anilines is 1. The second-order valence-electron chi connectivity index (χ2n) is 8.45. The number of nitrogens with one attached hydrogen (secondary N) is 1. The summed E-state index contributed by atoms with van der Waals surface area (Å²) in [5, 5.41) is 14.8. The minimum atomic E-state index is -0.526. The molecule has 158 valence electrons. The predicted molar refractivity (Wildman–Crippen MR) is 126 cm³/mol. The second-order valence-corrected chi connectivity index (χ2v) is 9.31. The van der Waals surface area contributed by atoms with Crippen molar-refractivity contribution in [1.29, 1.82) is 0 Å². The zero-order valence-electron chi connectivity index (χ0n) is 17.3. The molecule has 0 bridgehead atoms. The Morgan fingerprint density at radius 3 is 2.42 bits per heavy atom. The normalized spacial score (nSPS) is 22.8. The van der Waals surface area contributed by atoms with Crippen molar-refractivity contribution in [3.05, 3.63) is 99.5 Å². The Labute approximate surface area is 191 Å². The average molecular weight is 477 g/mol. The van der Waals surface area contributed by atoms with E-state index in [0.717, 1.165) is 15.7 Å². The molecule has 1 aliphatic carbocycles. The van der Waals surface area contributed by atoms with Crippen LogP contribution in [0.4, 0.5) is 5.69 Å². The van der Waals surface area contributed by atoms with Crippen molar-refractivity contribution in [2.75, 3.05) is 11.4 Å². The summed E-state index contributed by atoms with van der Waals surface area (Å²) >= 11 is 3.73. The number of carbonyl (C=O) groups excluding carboxylic acids is 1. The molecule has 0 saturated heterocycles. The third-order valence-electron chi connectivity index (χ3n) is 6.53. The van der Waals surface area contributed by atoms with Crippen LogP contribution < -0.4 is 10.2 Å². The first-order valence-electron chi connectivity index (χ1n) is 10.7. The lowest BCUT2D eigenvalue weighted by Gasteiger charge is -2.36. The van der Waals surface area contributed by atoms with E-state index in [1.54, 1.807) is 0 Å². The lowest BCUT2D eigenvalue weighted by molar-refractivity contribution is 0.0938. The number of hydrogen-bond donors (Lipinski definition) is 2. The molecule has 4 atom stereocenters. The molecule has 2 aliphatic rings. The molecule has 5 heteroatoms. The van der Waals surface area contributed by atoms with E-state index in [0.29, 0.717) is 18.5 Å². The van der Waals surface area contributed by atoms with Crippen molar-refractivity contribution in [1.82, 2.24) is 5.32 Å². The molecule has 3 aromatic rings. The fourth-order valence-corrected chi connectivity index (χ4v) is 5.62. The van der Waals surface area contributed by atoms with Crippen LogP contribution in [0.1, 0.15) is 58.4 Å². The van der Waals surface area contributed by atoms with E-state index in [9.17, 15) is 9.90 Å². The number of carbonyl (C=O) groups is 1. The van der Waals surface area contributed by atoms with Gasteiger partial charge in [0.05, 0.1) is 12.1 Å². The maximum atomic E-state index is 13.2. The number of aliphatic hydroxyl groups is 1. The van der Waals surface area contributed by atoms with Crippen LogP contribution in [0.25, 0.3) is 0 Å². The number of rotatable bonds is 4. The molecule has 0 aromatic heterocycles. The summed E-state index contributed by atoms with van der Waals surface area (Å²) in [6.45, 7) is 2.72.